The SMILES string of the molecule is CC(C)(C)OC(=O)NCCC[C@H](NC(=O)OC(C)(C)C)C(=O)NCCCC[C@H](NC(=O)OCC1c2ccccc2-c2ccccc21)C(=O)O. The number of nitrogens with one attached hydrogen (secondary N) is 4. The molecular formula is C36H50N4O9. The molecule has 0 fully saturated rings. The Morgan fingerprint density at radius 3 is 1.76 bits per heavy atom. The summed E-state index contributed by atoms with van der Waals surface area (Å²) >= 11 is 0. The molecule has 13 nitrogen and oxygen atoms in total. The molecule has 0 unspecified atom stereocenters. The van der Waals surface area contributed by atoms with E-state index in [1.165, 1.54) is 0 Å². The summed E-state index contributed by atoms with van der Waals surface area (Å²) in [6.07, 6.45) is -0.657. The van der Waals surface area contributed by atoms with Crippen molar-refractivity contribution < 1.29 is 43.3 Å². The minimum atomic E-state index is -1.20. The molecule has 13 heteroatoms. The van der Waals surface area contributed by atoms with Gasteiger partial charge < -0.3 is 40.6 Å². The Bertz CT molecular complexity index is 1420. The number of aliphatic carboxylic acids is 1. The van der Waals surface area contributed by atoms with Gasteiger partial charge in [-0.2, -0.15) is 0 Å². The van der Waals surface area contributed by atoms with Crippen LogP contribution >= 0.6 is 0 Å². The fraction of sp³-hybridized carbons (Fsp3) is 0.528. The van der Waals surface area contributed by atoms with E-state index in [2.05, 4.69) is 21.3 Å². The van der Waals surface area contributed by atoms with Gasteiger partial charge in [-0.15, -0.1) is 0 Å². The predicted octanol–water partition coefficient (Wildman–Crippen LogP) is 5.46. The highest BCUT2D eigenvalue weighted by molar-refractivity contribution is 5.85. The van der Waals surface area contributed by atoms with Crippen LogP contribution in [0.5, 0.6) is 0 Å². The van der Waals surface area contributed by atoms with Crippen LogP contribution in [0.25, 0.3) is 11.1 Å². The normalized spacial score (nSPS) is 13.6. The molecule has 2 atom stereocenters. The maximum atomic E-state index is 13.0. The maximum absolute atomic E-state index is 13.0. The van der Waals surface area contributed by atoms with Gasteiger partial charge in [0.25, 0.3) is 0 Å². The molecule has 0 radical (unpaired) electrons. The van der Waals surface area contributed by atoms with Crippen molar-refractivity contribution in [2.24, 2.45) is 0 Å². The number of carbonyl (C=O) groups excluding carboxylic acids is 4. The van der Waals surface area contributed by atoms with Gasteiger partial charge in [0, 0.05) is 19.0 Å². The molecule has 268 valence electrons. The van der Waals surface area contributed by atoms with E-state index in [4.69, 9.17) is 14.2 Å². The van der Waals surface area contributed by atoms with Gasteiger partial charge in [-0.25, -0.2) is 19.2 Å². The Morgan fingerprint density at radius 2 is 1.18 bits per heavy atom. The van der Waals surface area contributed by atoms with E-state index >= 15 is 0 Å². The minimum Gasteiger partial charge on any atom is -0.480 e. The molecule has 0 saturated heterocycles. The summed E-state index contributed by atoms with van der Waals surface area (Å²) in [5.74, 6) is -1.80. The quantitative estimate of drug-likeness (QED) is 0.120. The summed E-state index contributed by atoms with van der Waals surface area (Å²) in [5, 5.41) is 20.1. The first-order chi connectivity index (χ1) is 23.0. The Balaban J connectivity index is 1.44. The lowest BCUT2D eigenvalue weighted by molar-refractivity contribution is -0.139. The van der Waals surface area contributed by atoms with E-state index in [1.807, 2.05) is 48.5 Å². The predicted molar refractivity (Wildman–Crippen MR) is 183 cm³/mol. The smallest absolute Gasteiger partial charge is 0.408 e. The number of ether oxygens (including phenoxy) is 3. The van der Waals surface area contributed by atoms with Crippen LogP contribution in [0.15, 0.2) is 48.5 Å². The molecule has 3 rings (SSSR count). The third-order valence-corrected chi connectivity index (χ3v) is 7.50. The zero-order valence-corrected chi connectivity index (χ0v) is 29.2. The summed E-state index contributed by atoms with van der Waals surface area (Å²) in [6.45, 7) is 10.9. The second kappa shape index (κ2) is 17.5. The lowest BCUT2D eigenvalue weighted by atomic mass is 9.98. The monoisotopic (exact) mass is 682 g/mol. The van der Waals surface area contributed by atoms with Crippen molar-refractivity contribution in [1.29, 1.82) is 0 Å². The number of hydrogen-bond donors (Lipinski definition) is 5. The second-order valence-corrected chi connectivity index (χ2v) is 13.9. The molecule has 2 aromatic carbocycles. The first-order valence-corrected chi connectivity index (χ1v) is 16.6. The van der Waals surface area contributed by atoms with E-state index in [-0.39, 0.29) is 38.5 Å². The Kier molecular flexibility index (Phi) is 13.8. The van der Waals surface area contributed by atoms with Gasteiger partial charge in [0.2, 0.25) is 5.91 Å². The number of unbranched alkanes of at least 4 members (excludes halogenated alkanes) is 1. The highest BCUT2D eigenvalue weighted by Crippen LogP contribution is 2.44. The van der Waals surface area contributed by atoms with Gasteiger partial charge in [0.05, 0.1) is 0 Å². The van der Waals surface area contributed by atoms with Gasteiger partial charge in [0.15, 0.2) is 0 Å². The zero-order chi connectivity index (χ0) is 36.2. The molecule has 4 amide bonds. The Labute approximate surface area is 287 Å². The van der Waals surface area contributed by atoms with Gasteiger partial charge in [0.1, 0.15) is 29.9 Å². The van der Waals surface area contributed by atoms with Gasteiger partial charge in [-0.1, -0.05) is 48.5 Å². The molecule has 2 aromatic rings. The van der Waals surface area contributed by atoms with Crippen LogP contribution in [-0.2, 0) is 23.8 Å². The summed E-state index contributed by atoms with van der Waals surface area (Å²) in [7, 11) is 0. The molecule has 0 heterocycles. The van der Waals surface area contributed by atoms with Crippen LogP contribution in [0.3, 0.4) is 0 Å². The molecule has 1 aliphatic rings. The molecule has 0 bridgehead atoms. The number of rotatable bonds is 15. The summed E-state index contributed by atoms with van der Waals surface area (Å²) in [6, 6.07) is 13.7. The first-order valence-electron chi connectivity index (χ1n) is 16.6. The highest BCUT2D eigenvalue weighted by Gasteiger charge is 2.30. The van der Waals surface area contributed by atoms with Crippen molar-refractivity contribution in [2.45, 2.75) is 103 Å². The number of carboxylic acids is 1. The summed E-state index contributed by atoms with van der Waals surface area (Å²) in [4.78, 5) is 61.8. The largest absolute Gasteiger partial charge is 0.480 e. The Morgan fingerprint density at radius 1 is 0.673 bits per heavy atom. The molecule has 0 saturated carbocycles. The van der Waals surface area contributed by atoms with Crippen LogP contribution in [0.1, 0.15) is 90.7 Å². The number of carboxylic acid groups (broad SMARTS) is 1. The van der Waals surface area contributed by atoms with Crippen LogP contribution < -0.4 is 21.3 Å². The maximum Gasteiger partial charge on any atom is 0.408 e. The number of hydrogen-bond acceptors (Lipinski definition) is 8. The van der Waals surface area contributed by atoms with E-state index in [9.17, 15) is 29.1 Å². The number of amides is 4. The van der Waals surface area contributed by atoms with E-state index in [1.54, 1.807) is 41.5 Å². The molecule has 0 spiro atoms. The average Bonchev–Trinajstić information content (AvgIpc) is 3.32. The van der Waals surface area contributed by atoms with E-state index in [0.29, 0.717) is 19.3 Å². The van der Waals surface area contributed by atoms with E-state index in [0.717, 1.165) is 22.3 Å². The molecular weight excluding hydrogens is 632 g/mol. The molecule has 1 aliphatic carbocycles. The topological polar surface area (TPSA) is 181 Å². The van der Waals surface area contributed by atoms with Gasteiger partial charge in [-0.05, 0) is 95.9 Å². The van der Waals surface area contributed by atoms with Crippen molar-refractivity contribution in [3.63, 3.8) is 0 Å². The number of fused-ring (bicyclic) bond motifs is 3. The van der Waals surface area contributed by atoms with Gasteiger partial charge in [-0.3, -0.25) is 4.79 Å². The van der Waals surface area contributed by atoms with Gasteiger partial charge >= 0.3 is 24.2 Å². The lowest BCUT2D eigenvalue weighted by Crippen LogP contribution is -2.48. The average molecular weight is 683 g/mol. The van der Waals surface area contributed by atoms with Crippen LogP contribution in [0.4, 0.5) is 14.4 Å². The first kappa shape index (κ1) is 38.6. The number of carbonyl (C=O) groups is 5. The van der Waals surface area contributed by atoms with Crippen molar-refractivity contribution in [3.8, 4) is 11.1 Å². The third kappa shape index (κ3) is 13.0. The van der Waals surface area contributed by atoms with Crippen LogP contribution in [0, 0.1) is 0 Å². The van der Waals surface area contributed by atoms with Crippen LogP contribution in [-0.4, -0.2) is 78.2 Å². The fourth-order valence-corrected chi connectivity index (χ4v) is 5.38. The summed E-state index contributed by atoms with van der Waals surface area (Å²) in [5.41, 5.74) is 2.86. The molecule has 0 aliphatic heterocycles. The molecule has 0 aromatic heterocycles. The standard InChI is InChI=1S/C36H50N4O9/c1-35(2,3)48-32(44)38-21-13-19-28(39-34(46)49-36(4,5)6)30(41)37-20-12-11-18-29(31(42)43)40-33(45)47-22-27-25-16-9-7-14-23(25)24-15-8-10-17-26(24)27/h7-10,14-17,27-29H,11-13,18-22H2,1-6H3,(H,37,41)(H,38,44)(H,39,46)(H,40,45)(H,42,43)/t28-,29-/m0/s1. The fourth-order valence-electron chi connectivity index (χ4n) is 5.38. The lowest BCUT2D eigenvalue weighted by Gasteiger charge is -2.23. The minimum absolute atomic E-state index is 0.0633. The second-order valence-electron chi connectivity index (χ2n) is 13.9. The zero-order valence-electron chi connectivity index (χ0n) is 29.2. The number of alkyl carbamates (subject to hydrolysis) is 3. The molecule has 5 N–H and O–H groups in total. The van der Waals surface area contributed by atoms with Crippen LogP contribution in [0.2, 0.25) is 0 Å². The highest BCUT2D eigenvalue weighted by atomic mass is 16.6. The third-order valence-electron chi connectivity index (χ3n) is 7.50. The number of benzene rings is 2. The Hall–Kier alpha value is -4.81. The molecule has 49 heavy (non-hydrogen) atoms. The van der Waals surface area contributed by atoms with E-state index < -0.39 is 53.4 Å². The van der Waals surface area contributed by atoms with Crippen molar-refractivity contribution in [1.82, 2.24) is 21.3 Å². The summed E-state index contributed by atoms with van der Waals surface area (Å²) < 4.78 is 16.0. The van der Waals surface area contributed by atoms with Crippen molar-refractivity contribution in [2.75, 3.05) is 19.7 Å². The van der Waals surface area contributed by atoms with Crippen molar-refractivity contribution in [3.05, 3.63) is 59.7 Å². The van der Waals surface area contributed by atoms with Crippen molar-refractivity contribution >= 4 is 30.2 Å².